The number of halogens is 2. The summed E-state index contributed by atoms with van der Waals surface area (Å²) >= 11 is 8.20. The van der Waals surface area contributed by atoms with Crippen molar-refractivity contribution in [1.82, 2.24) is 24.6 Å². The van der Waals surface area contributed by atoms with Crippen molar-refractivity contribution in [3.05, 3.63) is 82.6 Å². The minimum Gasteiger partial charge on any atom is -0.487 e. The van der Waals surface area contributed by atoms with Crippen LogP contribution < -0.4 is 10.1 Å². The summed E-state index contributed by atoms with van der Waals surface area (Å²) in [4.78, 5) is 13.6. The fraction of sp³-hybridized carbons (Fsp3) is 0.323. The van der Waals surface area contributed by atoms with Gasteiger partial charge in [-0.15, -0.1) is 11.3 Å². The lowest BCUT2D eigenvalue weighted by Gasteiger charge is -2.19. The predicted octanol–water partition coefficient (Wildman–Crippen LogP) is 6.23. The molecule has 1 aliphatic carbocycles. The summed E-state index contributed by atoms with van der Waals surface area (Å²) < 4.78 is 21.2. The number of benzene rings is 2. The number of aromatic nitrogens is 4. The zero-order valence-electron chi connectivity index (χ0n) is 22.9. The normalized spacial score (nSPS) is 15.5. The van der Waals surface area contributed by atoms with Crippen LogP contribution in [0.15, 0.2) is 55.0 Å². The Balaban J connectivity index is 1.10. The first-order valence-corrected chi connectivity index (χ1v) is 15.4. The second-order valence-corrected chi connectivity index (χ2v) is 12.3. The van der Waals surface area contributed by atoms with E-state index in [1.165, 1.54) is 30.5 Å². The summed E-state index contributed by atoms with van der Waals surface area (Å²) in [6, 6.07) is 11.8. The molecule has 7 rings (SSSR count). The molecule has 2 aromatic carbocycles. The highest BCUT2D eigenvalue weighted by Crippen LogP contribution is 2.45. The number of aryl methyl sites for hydroxylation is 2. The Hall–Kier alpha value is -3.57. The molecule has 1 fully saturated rings. The Morgan fingerprint density at radius 2 is 1.98 bits per heavy atom. The van der Waals surface area contributed by atoms with Crippen molar-refractivity contribution in [2.45, 2.75) is 44.9 Å². The number of hydrogen-bond donors (Lipinski definition) is 2. The lowest BCUT2D eigenvalue weighted by molar-refractivity contribution is 0.105. The van der Waals surface area contributed by atoms with Gasteiger partial charge in [-0.3, -0.25) is 4.68 Å². The van der Waals surface area contributed by atoms with Crippen LogP contribution >= 0.6 is 22.9 Å². The van der Waals surface area contributed by atoms with Crippen LogP contribution in [-0.4, -0.2) is 55.5 Å². The zero-order chi connectivity index (χ0) is 28.6. The van der Waals surface area contributed by atoms with Crippen molar-refractivity contribution < 1.29 is 14.2 Å². The van der Waals surface area contributed by atoms with Crippen molar-refractivity contribution in [3.63, 3.8) is 0 Å². The van der Waals surface area contributed by atoms with Gasteiger partial charge in [0.1, 0.15) is 35.1 Å². The molecule has 2 N–H and O–H groups in total. The third kappa shape index (κ3) is 5.59. The second-order valence-electron chi connectivity index (χ2n) is 10.9. The quantitative estimate of drug-likeness (QED) is 0.206. The molecule has 4 heterocycles. The molecule has 0 saturated carbocycles. The van der Waals surface area contributed by atoms with E-state index < -0.39 is 6.10 Å². The summed E-state index contributed by atoms with van der Waals surface area (Å²) in [5.41, 5.74) is 4.89. The molecule has 1 saturated heterocycles. The van der Waals surface area contributed by atoms with Crippen LogP contribution in [-0.2, 0) is 26.0 Å². The smallest absolute Gasteiger partial charge is 0.142 e. The number of anilines is 2. The van der Waals surface area contributed by atoms with Crippen molar-refractivity contribution in [3.8, 4) is 16.2 Å². The molecule has 1 aliphatic heterocycles. The first-order chi connectivity index (χ1) is 20.5. The summed E-state index contributed by atoms with van der Waals surface area (Å²) in [5, 5.41) is 20.4. The number of hydrogen-bond acceptors (Lipinski definition) is 8. The van der Waals surface area contributed by atoms with Crippen LogP contribution in [0.2, 0.25) is 5.02 Å². The van der Waals surface area contributed by atoms with Crippen molar-refractivity contribution in [1.29, 1.82) is 0 Å². The highest BCUT2D eigenvalue weighted by molar-refractivity contribution is 7.22. The van der Waals surface area contributed by atoms with Crippen LogP contribution in [0.1, 0.15) is 29.7 Å². The van der Waals surface area contributed by atoms with Crippen molar-refractivity contribution >= 4 is 44.7 Å². The average Bonchev–Trinajstić information content (AvgIpc) is 3.71. The molecule has 0 unspecified atom stereocenters. The molecule has 0 spiro atoms. The summed E-state index contributed by atoms with van der Waals surface area (Å²) in [6.07, 6.45) is 7.27. The van der Waals surface area contributed by atoms with E-state index in [0.717, 1.165) is 69.4 Å². The molecule has 2 aliphatic rings. The van der Waals surface area contributed by atoms with Crippen molar-refractivity contribution in [2.24, 2.45) is 0 Å². The maximum Gasteiger partial charge on any atom is 0.142 e. The first-order valence-electron chi connectivity index (χ1n) is 14.2. The number of nitrogens with zero attached hydrogens (tertiary/aromatic N) is 5. The Kier molecular flexibility index (Phi) is 7.54. The number of ether oxygens (including phenoxy) is 1. The molecule has 216 valence electrons. The van der Waals surface area contributed by atoms with Crippen molar-refractivity contribution in [2.75, 3.05) is 25.0 Å². The maximum atomic E-state index is 13.5. The molecule has 1 atom stereocenters. The van der Waals surface area contributed by atoms with Crippen LogP contribution in [0.3, 0.4) is 0 Å². The van der Waals surface area contributed by atoms with Gasteiger partial charge in [-0.05, 0) is 80.2 Å². The summed E-state index contributed by atoms with van der Waals surface area (Å²) in [7, 11) is 0. The lowest BCUT2D eigenvalue weighted by atomic mass is 9.95. The lowest BCUT2D eigenvalue weighted by Crippen LogP contribution is -2.32. The fourth-order valence-corrected chi connectivity index (χ4v) is 7.33. The molecule has 3 aromatic heterocycles. The minimum atomic E-state index is -0.446. The van der Waals surface area contributed by atoms with Gasteiger partial charge >= 0.3 is 0 Å². The van der Waals surface area contributed by atoms with Gasteiger partial charge in [-0.1, -0.05) is 23.7 Å². The van der Waals surface area contributed by atoms with Gasteiger partial charge in [-0.25, -0.2) is 14.4 Å². The highest BCUT2D eigenvalue weighted by atomic mass is 35.5. The zero-order valence-corrected chi connectivity index (χ0v) is 24.5. The Morgan fingerprint density at radius 3 is 2.81 bits per heavy atom. The van der Waals surface area contributed by atoms with E-state index in [-0.39, 0.29) is 12.4 Å². The summed E-state index contributed by atoms with van der Waals surface area (Å²) in [6.45, 7) is 3.52. The van der Waals surface area contributed by atoms with E-state index in [9.17, 15) is 9.50 Å². The molecule has 5 aromatic rings. The third-order valence-electron chi connectivity index (χ3n) is 7.83. The predicted molar refractivity (Wildman–Crippen MR) is 163 cm³/mol. The molecule has 0 amide bonds. The number of thiophene rings is 1. The molecule has 8 nitrogen and oxygen atoms in total. The van der Waals surface area contributed by atoms with Crippen LogP contribution in [0.5, 0.6) is 5.75 Å². The van der Waals surface area contributed by atoms with Gasteiger partial charge in [0, 0.05) is 28.9 Å². The number of fused-ring (bicyclic) bond motifs is 5. The van der Waals surface area contributed by atoms with Crippen LogP contribution in [0.4, 0.5) is 15.9 Å². The third-order valence-corrected chi connectivity index (χ3v) is 9.29. The topological polar surface area (TPSA) is 88.3 Å². The number of nitrogens with one attached hydrogen (secondary N) is 1. The standard InChI is InChI=1S/C31H30ClFN6O2S/c32-25-13-21(6-9-27(25)41-17-19-4-3-5-20(33)12-19)36-30-28-23-7-8-26-24(29(23)42-31(28)35-18-34-30)16-39(37-26)15-22(40)14-38-10-1-2-11-38/h3-6,9,12-13,16,18,22,40H,1-2,7-8,10-11,14-15,17H2,(H,34,35,36)/t22-/m1/s1. The Labute approximate surface area is 251 Å². The summed E-state index contributed by atoms with van der Waals surface area (Å²) in [5.74, 6) is 0.937. The van der Waals surface area contributed by atoms with Gasteiger partial charge in [0.15, 0.2) is 0 Å². The van der Waals surface area contributed by atoms with Crippen LogP contribution in [0, 0.1) is 5.82 Å². The molecule has 0 radical (unpaired) electrons. The molecular weight excluding hydrogens is 575 g/mol. The van der Waals surface area contributed by atoms with Gasteiger partial charge < -0.3 is 20.1 Å². The van der Waals surface area contributed by atoms with E-state index in [2.05, 4.69) is 26.4 Å². The number of aliphatic hydroxyl groups excluding tert-OH is 1. The average molecular weight is 605 g/mol. The first kappa shape index (κ1) is 27.3. The van der Waals surface area contributed by atoms with Gasteiger partial charge in [0.25, 0.3) is 0 Å². The fourth-order valence-electron chi connectivity index (χ4n) is 5.87. The van der Waals surface area contributed by atoms with Gasteiger partial charge in [0.2, 0.25) is 0 Å². The number of rotatable bonds is 9. The van der Waals surface area contributed by atoms with Gasteiger partial charge in [0.05, 0.1) is 28.8 Å². The van der Waals surface area contributed by atoms with E-state index in [1.807, 2.05) is 16.8 Å². The highest BCUT2D eigenvalue weighted by Gasteiger charge is 2.27. The number of likely N-dealkylation sites (tertiary alicyclic amines) is 1. The van der Waals surface area contributed by atoms with E-state index in [4.69, 9.17) is 21.4 Å². The molecular formula is C31H30ClFN6O2S. The van der Waals surface area contributed by atoms with E-state index >= 15 is 0 Å². The Morgan fingerprint density at radius 1 is 1.10 bits per heavy atom. The molecule has 11 heteroatoms. The number of aliphatic hydroxyl groups is 1. The second kappa shape index (κ2) is 11.6. The number of β-amino-alcohol motifs (C(OH)–C–C–N with tert-alkyl or cyclic N) is 1. The monoisotopic (exact) mass is 604 g/mol. The molecule has 42 heavy (non-hydrogen) atoms. The van der Waals surface area contributed by atoms with Gasteiger partial charge in [-0.2, -0.15) is 5.10 Å². The maximum absolute atomic E-state index is 13.5. The SMILES string of the molecule is O[C@H](CN1CCCC1)Cn1cc2c(n1)CCc1c-2sc2ncnc(Nc3ccc(OCc4cccc(F)c4)c(Cl)c3)c12. The van der Waals surface area contributed by atoms with E-state index in [0.29, 0.717) is 23.9 Å². The Bertz CT molecular complexity index is 1750. The van der Waals surface area contributed by atoms with E-state index in [1.54, 1.807) is 35.9 Å². The van der Waals surface area contributed by atoms with Crippen LogP contribution in [0.25, 0.3) is 20.7 Å². The minimum absolute atomic E-state index is 0.216. The largest absolute Gasteiger partial charge is 0.487 e. The molecule has 0 bridgehead atoms.